The van der Waals surface area contributed by atoms with Crippen LogP contribution in [0, 0.1) is 12.8 Å². The molecule has 0 unspecified atom stereocenters. The second-order valence-corrected chi connectivity index (χ2v) is 5.96. The highest BCUT2D eigenvalue weighted by Gasteiger charge is 2.37. The molecular formula is C17H22N4O2. The summed E-state index contributed by atoms with van der Waals surface area (Å²) in [6, 6.07) is 5.75. The van der Waals surface area contributed by atoms with Gasteiger partial charge in [-0.1, -0.05) is 6.07 Å². The fourth-order valence-electron chi connectivity index (χ4n) is 3.17. The Bertz CT molecular complexity index is 697. The van der Waals surface area contributed by atoms with Crippen LogP contribution in [-0.4, -0.2) is 34.3 Å². The van der Waals surface area contributed by atoms with Crippen molar-refractivity contribution in [1.82, 2.24) is 14.8 Å². The van der Waals surface area contributed by atoms with Gasteiger partial charge >= 0.3 is 0 Å². The molecule has 3 heterocycles. The third kappa shape index (κ3) is 2.99. The SMILES string of the molecule is Cc1cccnc1N(C)C(=O)[C@@H]1CCCO[C@H]1c1ccnn1C. The van der Waals surface area contributed by atoms with Crippen molar-refractivity contribution in [3.05, 3.63) is 41.9 Å². The Morgan fingerprint density at radius 2 is 2.22 bits per heavy atom. The summed E-state index contributed by atoms with van der Waals surface area (Å²) in [4.78, 5) is 19.0. The number of hydrogen-bond donors (Lipinski definition) is 0. The highest BCUT2D eigenvalue weighted by atomic mass is 16.5. The lowest BCUT2D eigenvalue weighted by Gasteiger charge is -2.33. The molecule has 23 heavy (non-hydrogen) atoms. The summed E-state index contributed by atoms with van der Waals surface area (Å²) in [5.41, 5.74) is 1.92. The van der Waals surface area contributed by atoms with Gasteiger partial charge in [-0.05, 0) is 37.5 Å². The van der Waals surface area contributed by atoms with Crippen molar-refractivity contribution in [3.8, 4) is 0 Å². The molecule has 6 heteroatoms. The zero-order chi connectivity index (χ0) is 16.4. The van der Waals surface area contributed by atoms with Crippen molar-refractivity contribution in [2.75, 3.05) is 18.6 Å². The van der Waals surface area contributed by atoms with E-state index < -0.39 is 0 Å². The summed E-state index contributed by atoms with van der Waals surface area (Å²) in [5, 5.41) is 4.20. The summed E-state index contributed by atoms with van der Waals surface area (Å²) < 4.78 is 7.70. The number of pyridine rings is 1. The molecule has 2 atom stereocenters. The van der Waals surface area contributed by atoms with E-state index in [9.17, 15) is 4.79 Å². The van der Waals surface area contributed by atoms with Gasteiger partial charge in [0.15, 0.2) is 0 Å². The minimum Gasteiger partial charge on any atom is -0.371 e. The van der Waals surface area contributed by atoms with Gasteiger partial charge in [-0.3, -0.25) is 14.4 Å². The van der Waals surface area contributed by atoms with Crippen LogP contribution in [0.3, 0.4) is 0 Å². The number of hydrogen-bond acceptors (Lipinski definition) is 4. The van der Waals surface area contributed by atoms with Gasteiger partial charge in [-0.2, -0.15) is 5.10 Å². The Hall–Kier alpha value is -2.21. The van der Waals surface area contributed by atoms with Gasteiger partial charge in [0.05, 0.1) is 11.6 Å². The monoisotopic (exact) mass is 314 g/mol. The number of aryl methyl sites for hydroxylation is 2. The van der Waals surface area contributed by atoms with E-state index in [-0.39, 0.29) is 17.9 Å². The Labute approximate surface area is 136 Å². The molecular weight excluding hydrogens is 292 g/mol. The Balaban J connectivity index is 1.87. The average Bonchev–Trinajstić information content (AvgIpc) is 3.00. The van der Waals surface area contributed by atoms with E-state index in [1.165, 1.54) is 0 Å². The maximum absolute atomic E-state index is 13.0. The third-order valence-corrected chi connectivity index (χ3v) is 4.42. The fraction of sp³-hybridized carbons (Fsp3) is 0.471. The molecule has 0 aromatic carbocycles. The molecule has 1 aliphatic heterocycles. The molecule has 2 aromatic rings. The maximum Gasteiger partial charge on any atom is 0.234 e. The second-order valence-electron chi connectivity index (χ2n) is 5.96. The van der Waals surface area contributed by atoms with Crippen molar-refractivity contribution in [3.63, 3.8) is 0 Å². The number of nitrogens with zero attached hydrogens (tertiary/aromatic N) is 4. The number of aromatic nitrogens is 3. The summed E-state index contributed by atoms with van der Waals surface area (Å²) in [7, 11) is 3.66. The lowest BCUT2D eigenvalue weighted by atomic mass is 9.90. The number of anilines is 1. The average molecular weight is 314 g/mol. The quantitative estimate of drug-likeness (QED) is 0.872. The summed E-state index contributed by atoms with van der Waals surface area (Å²) in [6.07, 6.45) is 4.89. The van der Waals surface area contributed by atoms with E-state index >= 15 is 0 Å². The molecule has 0 bridgehead atoms. The number of amides is 1. The van der Waals surface area contributed by atoms with Crippen LogP contribution in [-0.2, 0) is 16.6 Å². The third-order valence-electron chi connectivity index (χ3n) is 4.42. The first-order valence-electron chi connectivity index (χ1n) is 7.88. The summed E-state index contributed by atoms with van der Waals surface area (Å²) in [5.74, 6) is 0.523. The van der Waals surface area contributed by atoms with Crippen LogP contribution < -0.4 is 4.90 Å². The molecule has 6 nitrogen and oxygen atoms in total. The van der Waals surface area contributed by atoms with Gasteiger partial charge in [0.1, 0.15) is 11.9 Å². The number of ether oxygens (including phenoxy) is 1. The molecule has 0 aliphatic carbocycles. The minimum absolute atomic E-state index is 0.0395. The van der Waals surface area contributed by atoms with Gasteiger partial charge in [-0.15, -0.1) is 0 Å². The largest absolute Gasteiger partial charge is 0.371 e. The van der Waals surface area contributed by atoms with E-state index in [1.54, 1.807) is 29.0 Å². The van der Waals surface area contributed by atoms with Crippen molar-refractivity contribution >= 4 is 11.7 Å². The van der Waals surface area contributed by atoms with Gasteiger partial charge in [0.25, 0.3) is 0 Å². The van der Waals surface area contributed by atoms with Crippen molar-refractivity contribution in [1.29, 1.82) is 0 Å². The van der Waals surface area contributed by atoms with Crippen LogP contribution >= 0.6 is 0 Å². The van der Waals surface area contributed by atoms with Gasteiger partial charge < -0.3 is 4.74 Å². The normalized spacial score (nSPS) is 21.2. The van der Waals surface area contributed by atoms with Gasteiger partial charge in [0.2, 0.25) is 5.91 Å². The molecule has 2 aromatic heterocycles. The lowest BCUT2D eigenvalue weighted by molar-refractivity contribution is -0.132. The predicted octanol–water partition coefficient (Wildman–Crippen LogP) is 2.25. The highest BCUT2D eigenvalue weighted by Crippen LogP contribution is 2.35. The van der Waals surface area contributed by atoms with Gasteiger partial charge in [-0.25, -0.2) is 4.98 Å². The van der Waals surface area contributed by atoms with Crippen LogP contribution in [0.2, 0.25) is 0 Å². The standard InChI is InChI=1S/C17H22N4O2/c1-12-6-4-9-18-16(12)20(2)17(22)13-7-5-11-23-15(13)14-8-10-19-21(14)3/h4,6,8-10,13,15H,5,7,11H2,1-3H3/t13-,15-/m1/s1. The molecule has 0 spiro atoms. The first-order chi connectivity index (χ1) is 11.1. The smallest absolute Gasteiger partial charge is 0.234 e. The molecule has 1 saturated heterocycles. The molecule has 0 N–H and O–H groups in total. The van der Waals surface area contributed by atoms with Crippen LogP contribution in [0.15, 0.2) is 30.6 Å². The highest BCUT2D eigenvalue weighted by molar-refractivity contribution is 5.94. The molecule has 0 saturated carbocycles. The van der Waals surface area contributed by atoms with E-state index in [1.807, 2.05) is 32.2 Å². The van der Waals surface area contributed by atoms with Crippen molar-refractivity contribution < 1.29 is 9.53 Å². The topological polar surface area (TPSA) is 60.3 Å². The molecule has 1 fully saturated rings. The molecule has 1 amide bonds. The Morgan fingerprint density at radius 1 is 1.39 bits per heavy atom. The minimum atomic E-state index is -0.254. The number of rotatable bonds is 3. The van der Waals surface area contributed by atoms with Crippen LogP contribution in [0.25, 0.3) is 0 Å². The number of carbonyl (C=O) groups excluding carboxylic acids is 1. The Kier molecular flexibility index (Phi) is 4.43. The van der Waals surface area contributed by atoms with Crippen LogP contribution in [0.5, 0.6) is 0 Å². The first kappa shape index (κ1) is 15.7. The van der Waals surface area contributed by atoms with Crippen molar-refractivity contribution in [2.24, 2.45) is 13.0 Å². The first-order valence-corrected chi connectivity index (χ1v) is 7.88. The van der Waals surface area contributed by atoms with Crippen LogP contribution in [0.4, 0.5) is 5.82 Å². The zero-order valence-corrected chi connectivity index (χ0v) is 13.8. The molecule has 122 valence electrons. The second kappa shape index (κ2) is 6.50. The van der Waals surface area contributed by atoms with Crippen molar-refractivity contribution in [2.45, 2.75) is 25.9 Å². The predicted molar refractivity (Wildman–Crippen MR) is 87.0 cm³/mol. The van der Waals surface area contributed by atoms with E-state index in [0.29, 0.717) is 12.4 Å². The summed E-state index contributed by atoms with van der Waals surface area (Å²) >= 11 is 0. The van der Waals surface area contributed by atoms with E-state index in [2.05, 4.69) is 10.1 Å². The molecule has 3 rings (SSSR count). The zero-order valence-electron chi connectivity index (χ0n) is 13.8. The maximum atomic E-state index is 13.0. The van der Waals surface area contributed by atoms with E-state index in [0.717, 1.165) is 24.1 Å². The summed E-state index contributed by atoms with van der Waals surface area (Å²) in [6.45, 7) is 2.63. The van der Waals surface area contributed by atoms with E-state index in [4.69, 9.17) is 4.74 Å². The van der Waals surface area contributed by atoms with Gasteiger partial charge in [0, 0.05) is 33.1 Å². The molecule has 1 aliphatic rings. The molecule has 0 radical (unpaired) electrons. The van der Waals surface area contributed by atoms with Crippen LogP contribution in [0.1, 0.15) is 30.2 Å². The lowest BCUT2D eigenvalue weighted by Crippen LogP contribution is -2.40. The number of carbonyl (C=O) groups is 1. The fourth-order valence-corrected chi connectivity index (χ4v) is 3.17. The Morgan fingerprint density at radius 3 is 2.91 bits per heavy atom.